The van der Waals surface area contributed by atoms with Gasteiger partial charge in [0.15, 0.2) is 0 Å². The maximum absolute atomic E-state index is 12.0. The molecule has 19 heavy (non-hydrogen) atoms. The maximum atomic E-state index is 12.0. The van der Waals surface area contributed by atoms with Crippen molar-refractivity contribution in [2.24, 2.45) is 5.92 Å². The lowest BCUT2D eigenvalue weighted by Crippen LogP contribution is -2.53. The van der Waals surface area contributed by atoms with Crippen molar-refractivity contribution in [3.63, 3.8) is 0 Å². The zero-order valence-electron chi connectivity index (χ0n) is 11.4. The molecule has 2 amide bonds. The Labute approximate surface area is 113 Å². The standard InChI is InChI=1S/C13H21N3O3/c1-4-6-16(9-12(17)18)13(19)14-11-5-7-15(3)8-10(11)2/h1,10-11H,5-9H2,2-3H3,(H,14,19)(H,17,18). The third kappa shape index (κ3) is 4.79. The van der Waals surface area contributed by atoms with Crippen molar-refractivity contribution in [3.05, 3.63) is 0 Å². The lowest BCUT2D eigenvalue weighted by Gasteiger charge is -2.36. The van der Waals surface area contributed by atoms with Crippen molar-refractivity contribution in [2.45, 2.75) is 19.4 Å². The summed E-state index contributed by atoms with van der Waals surface area (Å²) in [6.45, 7) is 3.53. The van der Waals surface area contributed by atoms with Gasteiger partial charge in [-0.2, -0.15) is 0 Å². The van der Waals surface area contributed by atoms with Gasteiger partial charge in [0.2, 0.25) is 0 Å². The number of hydrogen-bond donors (Lipinski definition) is 2. The topological polar surface area (TPSA) is 72.9 Å². The molecule has 2 unspecified atom stereocenters. The van der Waals surface area contributed by atoms with Gasteiger partial charge < -0.3 is 20.2 Å². The van der Waals surface area contributed by atoms with Gasteiger partial charge in [0.1, 0.15) is 6.54 Å². The summed E-state index contributed by atoms with van der Waals surface area (Å²) in [6, 6.07) is -0.334. The van der Waals surface area contributed by atoms with Crippen LogP contribution in [-0.4, -0.2) is 66.2 Å². The number of nitrogens with one attached hydrogen (secondary N) is 1. The molecule has 0 aromatic carbocycles. The van der Waals surface area contributed by atoms with Crippen LogP contribution < -0.4 is 5.32 Å². The Morgan fingerprint density at radius 1 is 1.58 bits per heavy atom. The molecule has 2 atom stereocenters. The van der Waals surface area contributed by atoms with E-state index < -0.39 is 12.0 Å². The van der Waals surface area contributed by atoms with Crippen molar-refractivity contribution >= 4 is 12.0 Å². The third-order valence-electron chi connectivity index (χ3n) is 3.31. The molecular weight excluding hydrogens is 246 g/mol. The van der Waals surface area contributed by atoms with Crippen molar-refractivity contribution in [1.29, 1.82) is 0 Å². The molecule has 0 saturated carbocycles. The summed E-state index contributed by atoms with van der Waals surface area (Å²) in [5, 5.41) is 11.6. The van der Waals surface area contributed by atoms with Gasteiger partial charge >= 0.3 is 12.0 Å². The highest BCUT2D eigenvalue weighted by Gasteiger charge is 2.27. The fourth-order valence-electron chi connectivity index (χ4n) is 2.29. The van der Waals surface area contributed by atoms with Crippen molar-refractivity contribution < 1.29 is 14.7 Å². The molecule has 1 aliphatic heterocycles. The van der Waals surface area contributed by atoms with E-state index in [2.05, 4.69) is 23.1 Å². The van der Waals surface area contributed by atoms with Gasteiger partial charge in [-0.25, -0.2) is 4.79 Å². The Kier molecular flexibility index (Phi) is 5.64. The molecule has 6 nitrogen and oxygen atoms in total. The Morgan fingerprint density at radius 2 is 2.26 bits per heavy atom. The third-order valence-corrected chi connectivity index (χ3v) is 3.31. The van der Waals surface area contributed by atoms with E-state index in [1.165, 1.54) is 0 Å². The van der Waals surface area contributed by atoms with E-state index in [-0.39, 0.29) is 19.1 Å². The van der Waals surface area contributed by atoms with Gasteiger partial charge in [0, 0.05) is 12.6 Å². The molecule has 1 saturated heterocycles. The summed E-state index contributed by atoms with van der Waals surface area (Å²) in [6.07, 6.45) is 6.01. The molecule has 1 heterocycles. The van der Waals surface area contributed by atoms with Gasteiger partial charge in [0.25, 0.3) is 0 Å². The monoisotopic (exact) mass is 267 g/mol. The van der Waals surface area contributed by atoms with Crippen molar-refractivity contribution in [3.8, 4) is 12.3 Å². The maximum Gasteiger partial charge on any atom is 0.323 e. The predicted octanol–water partition coefficient (Wildman–Crippen LogP) is 0.0560. The van der Waals surface area contributed by atoms with E-state index in [1.54, 1.807) is 0 Å². The number of likely N-dealkylation sites (tertiary alicyclic amines) is 1. The molecule has 1 aliphatic rings. The van der Waals surface area contributed by atoms with E-state index in [0.29, 0.717) is 5.92 Å². The average Bonchev–Trinajstić information content (AvgIpc) is 2.31. The molecule has 106 valence electrons. The second-order valence-electron chi connectivity index (χ2n) is 5.04. The Balaban J connectivity index is 2.56. The minimum Gasteiger partial charge on any atom is -0.480 e. The van der Waals surface area contributed by atoms with Crippen LogP contribution in [0.4, 0.5) is 4.79 Å². The first-order valence-corrected chi connectivity index (χ1v) is 6.33. The summed E-state index contributed by atoms with van der Waals surface area (Å²) in [5.41, 5.74) is 0. The first-order valence-electron chi connectivity index (χ1n) is 6.33. The number of carbonyl (C=O) groups is 2. The van der Waals surface area contributed by atoms with E-state index in [1.807, 2.05) is 7.05 Å². The predicted molar refractivity (Wildman–Crippen MR) is 71.6 cm³/mol. The van der Waals surface area contributed by atoms with Crippen molar-refractivity contribution in [1.82, 2.24) is 15.1 Å². The van der Waals surface area contributed by atoms with Crippen LogP contribution in [-0.2, 0) is 4.79 Å². The molecule has 0 bridgehead atoms. The van der Waals surface area contributed by atoms with Gasteiger partial charge in [-0.3, -0.25) is 4.79 Å². The van der Waals surface area contributed by atoms with E-state index >= 15 is 0 Å². The van der Waals surface area contributed by atoms with Gasteiger partial charge in [-0.15, -0.1) is 6.42 Å². The summed E-state index contributed by atoms with van der Waals surface area (Å²) in [7, 11) is 2.05. The van der Waals surface area contributed by atoms with Crippen LogP contribution in [0.25, 0.3) is 0 Å². The van der Waals surface area contributed by atoms with E-state index in [0.717, 1.165) is 24.4 Å². The molecule has 0 aromatic rings. The van der Waals surface area contributed by atoms with Crippen molar-refractivity contribution in [2.75, 3.05) is 33.2 Å². The van der Waals surface area contributed by atoms with Gasteiger partial charge in [-0.05, 0) is 25.9 Å². The Morgan fingerprint density at radius 3 is 2.79 bits per heavy atom. The summed E-state index contributed by atoms with van der Waals surface area (Å²) < 4.78 is 0. The van der Waals surface area contributed by atoms with Crippen LogP contribution in [0.15, 0.2) is 0 Å². The number of rotatable bonds is 4. The molecule has 0 aromatic heterocycles. The van der Waals surface area contributed by atoms with Crippen LogP contribution in [0.3, 0.4) is 0 Å². The number of aliphatic carboxylic acids is 1. The minimum absolute atomic E-state index is 0.000856. The Bertz CT molecular complexity index is 378. The Hall–Kier alpha value is -1.74. The average molecular weight is 267 g/mol. The highest BCUT2D eigenvalue weighted by atomic mass is 16.4. The molecule has 2 N–H and O–H groups in total. The van der Waals surface area contributed by atoms with Crippen LogP contribution >= 0.6 is 0 Å². The molecule has 1 rings (SSSR count). The molecular formula is C13H21N3O3. The number of urea groups is 1. The minimum atomic E-state index is -1.07. The van der Waals surface area contributed by atoms with Crippen LogP contribution in [0, 0.1) is 18.3 Å². The number of hydrogen-bond acceptors (Lipinski definition) is 3. The molecule has 6 heteroatoms. The quantitative estimate of drug-likeness (QED) is 0.706. The SMILES string of the molecule is C#CCN(CC(=O)O)C(=O)NC1CCN(C)CC1C. The summed E-state index contributed by atoms with van der Waals surface area (Å²) in [4.78, 5) is 26.0. The number of carboxylic acids is 1. The highest BCUT2D eigenvalue weighted by molar-refractivity contribution is 5.80. The number of amides is 2. The number of carbonyl (C=O) groups excluding carboxylic acids is 1. The van der Waals surface area contributed by atoms with E-state index in [4.69, 9.17) is 11.5 Å². The van der Waals surface area contributed by atoms with Crippen LogP contribution in [0.2, 0.25) is 0 Å². The highest BCUT2D eigenvalue weighted by Crippen LogP contribution is 2.15. The number of carboxylic acid groups (broad SMARTS) is 1. The number of piperidine rings is 1. The zero-order valence-corrected chi connectivity index (χ0v) is 11.4. The normalized spacial score (nSPS) is 23.4. The second kappa shape index (κ2) is 7.00. The van der Waals surface area contributed by atoms with Gasteiger partial charge in [-0.1, -0.05) is 12.8 Å². The lowest BCUT2D eigenvalue weighted by molar-refractivity contribution is -0.137. The summed E-state index contributed by atoms with van der Waals surface area (Å²) in [5.74, 6) is 1.57. The fourth-order valence-corrected chi connectivity index (χ4v) is 2.29. The molecule has 1 fully saturated rings. The van der Waals surface area contributed by atoms with E-state index in [9.17, 15) is 9.59 Å². The fraction of sp³-hybridized carbons (Fsp3) is 0.692. The number of terminal acetylenes is 1. The molecule has 0 aliphatic carbocycles. The molecule has 0 spiro atoms. The number of nitrogens with zero attached hydrogens (tertiary/aromatic N) is 2. The van der Waals surface area contributed by atoms with Crippen LogP contribution in [0.1, 0.15) is 13.3 Å². The van der Waals surface area contributed by atoms with Gasteiger partial charge in [0.05, 0.1) is 6.54 Å². The first-order chi connectivity index (χ1) is 8.93. The molecule has 0 radical (unpaired) electrons. The lowest BCUT2D eigenvalue weighted by atomic mass is 9.94. The first kappa shape index (κ1) is 15.3. The second-order valence-corrected chi connectivity index (χ2v) is 5.04. The smallest absolute Gasteiger partial charge is 0.323 e. The largest absolute Gasteiger partial charge is 0.480 e. The van der Waals surface area contributed by atoms with Crippen LogP contribution in [0.5, 0.6) is 0 Å². The zero-order chi connectivity index (χ0) is 14.4. The summed E-state index contributed by atoms with van der Waals surface area (Å²) >= 11 is 0.